The Labute approximate surface area is 198 Å². The summed E-state index contributed by atoms with van der Waals surface area (Å²) in [5, 5.41) is 7.55. The first kappa shape index (κ1) is 19.7. The van der Waals surface area contributed by atoms with Crippen LogP contribution >= 0.6 is 0 Å². The molecule has 172 valence electrons. The van der Waals surface area contributed by atoms with Crippen LogP contribution in [-0.4, -0.2) is 68.8 Å². The van der Waals surface area contributed by atoms with Gasteiger partial charge in [0.2, 0.25) is 0 Å². The second-order valence-electron chi connectivity index (χ2n) is 8.63. The van der Waals surface area contributed by atoms with Gasteiger partial charge in [0.1, 0.15) is 28.9 Å². The van der Waals surface area contributed by atoms with Gasteiger partial charge in [-0.3, -0.25) is 14.6 Å². The number of pyridine rings is 2. The average Bonchev–Trinajstić information content (AvgIpc) is 3.59. The predicted octanol–water partition coefficient (Wildman–Crippen LogP) is 1.99. The van der Waals surface area contributed by atoms with Crippen LogP contribution in [0.4, 0.5) is 5.82 Å². The van der Waals surface area contributed by atoms with Gasteiger partial charge in [0, 0.05) is 31.5 Å². The molecule has 4 N–H and O–H groups in total. The third kappa shape index (κ3) is 3.22. The highest BCUT2D eigenvalue weighted by Crippen LogP contribution is 2.29. The fourth-order valence-corrected chi connectivity index (χ4v) is 4.30. The van der Waals surface area contributed by atoms with Crippen LogP contribution in [0.5, 0.6) is 0 Å². The van der Waals surface area contributed by atoms with Crippen molar-refractivity contribution in [3.05, 3.63) is 55.0 Å². The maximum atomic E-state index is 5.92. The largest absolute Gasteiger partial charge is 0.352 e. The molecule has 0 saturated carbocycles. The van der Waals surface area contributed by atoms with E-state index >= 15 is 0 Å². The summed E-state index contributed by atoms with van der Waals surface area (Å²) >= 11 is 0. The lowest BCUT2D eigenvalue weighted by molar-refractivity contribution is 0.514. The minimum Gasteiger partial charge on any atom is -0.352 e. The van der Waals surface area contributed by atoms with E-state index in [-0.39, 0.29) is 6.04 Å². The number of rotatable bonds is 4. The standard InChI is InChI=1S/C23H20N12/c1-12-8-35(11-27-12)23-20-15(4-5-26-23)30-22(31-20)21-19-16(32-33-21)3-2-14(29-19)17-6-25-7-18(28-17)34-9-13(24)10-34/h2-8,11,13H,9-10,24H2,1H3,(H,30,31)(H,32,33). The number of nitrogens with zero attached hydrogens (tertiary/aromatic N) is 9. The zero-order valence-corrected chi connectivity index (χ0v) is 18.7. The number of anilines is 1. The summed E-state index contributed by atoms with van der Waals surface area (Å²) in [4.78, 5) is 33.1. The lowest BCUT2D eigenvalue weighted by Crippen LogP contribution is -2.56. The minimum absolute atomic E-state index is 0.181. The molecule has 0 aromatic carbocycles. The summed E-state index contributed by atoms with van der Waals surface area (Å²) in [6, 6.07) is 5.91. The highest BCUT2D eigenvalue weighted by atomic mass is 15.3. The highest BCUT2D eigenvalue weighted by Gasteiger charge is 2.25. The van der Waals surface area contributed by atoms with Crippen molar-refractivity contribution in [1.29, 1.82) is 0 Å². The number of H-pyrrole nitrogens is 2. The number of hydrogen-bond donors (Lipinski definition) is 3. The van der Waals surface area contributed by atoms with Gasteiger partial charge in [0.25, 0.3) is 0 Å². The lowest BCUT2D eigenvalue weighted by Gasteiger charge is -2.37. The van der Waals surface area contributed by atoms with Gasteiger partial charge < -0.3 is 15.6 Å². The van der Waals surface area contributed by atoms with Gasteiger partial charge in [-0.25, -0.2) is 24.9 Å². The molecule has 0 atom stereocenters. The predicted molar refractivity (Wildman–Crippen MR) is 130 cm³/mol. The Bertz CT molecular complexity index is 1700. The number of nitrogens with one attached hydrogen (secondary N) is 2. The first-order chi connectivity index (χ1) is 17.1. The molecule has 35 heavy (non-hydrogen) atoms. The van der Waals surface area contributed by atoms with Crippen LogP contribution in [0.1, 0.15) is 5.69 Å². The quantitative estimate of drug-likeness (QED) is 0.355. The monoisotopic (exact) mass is 464 g/mol. The molecule has 0 radical (unpaired) electrons. The van der Waals surface area contributed by atoms with E-state index in [1.165, 1.54) is 0 Å². The van der Waals surface area contributed by atoms with Crippen molar-refractivity contribution in [2.45, 2.75) is 13.0 Å². The van der Waals surface area contributed by atoms with Gasteiger partial charge in [-0.1, -0.05) is 0 Å². The van der Waals surface area contributed by atoms with E-state index in [1.54, 1.807) is 24.9 Å². The van der Waals surface area contributed by atoms with Crippen LogP contribution in [0.3, 0.4) is 0 Å². The van der Waals surface area contributed by atoms with Crippen LogP contribution < -0.4 is 10.6 Å². The van der Waals surface area contributed by atoms with Crippen molar-refractivity contribution in [2.75, 3.05) is 18.0 Å². The zero-order chi connectivity index (χ0) is 23.5. The van der Waals surface area contributed by atoms with Gasteiger partial charge in [-0.05, 0) is 25.1 Å². The van der Waals surface area contributed by atoms with Crippen LogP contribution in [-0.2, 0) is 0 Å². The molecular weight excluding hydrogens is 444 g/mol. The molecule has 12 nitrogen and oxygen atoms in total. The molecule has 1 aliphatic rings. The molecule has 0 aliphatic carbocycles. The molecular formula is C23H20N12. The molecule has 6 aromatic rings. The number of imidazole rings is 2. The topological polar surface area (TPSA) is 156 Å². The Hall–Kier alpha value is -4.71. The molecule has 7 rings (SSSR count). The first-order valence-corrected chi connectivity index (χ1v) is 11.2. The molecule has 1 fully saturated rings. The van der Waals surface area contributed by atoms with E-state index in [9.17, 15) is 0 Å². The van der Waals surface area contributed by atoms with Crippen molar-refractivity contribution in [3.63, 3.8) is 0 Å². The van der Waals surface area contributed by atoms with E-state index in [4.69, 9.17) is 20.7 Å². The molecule has 6 aromatic heterocycles. The molecule has 12 heteroatoms. The number of aromatic nitrogens is 10. The van der Waals surface area contributed by atoms with E-state index < -0.39 is 0 Å². The molecule has 0 bridgehead atoms. The maximum Gasteiger partial charge on any atom is 0.166 e. The molecule has 0 spiro atoms. The zero-order valence-electron chi connectivity index (χ0n) is 18.7. The van der Waals surface area contributed by atoms with E-state index in [0.29, 0.717) is 34.2 Å². The molecule has 0 unspecified atom stereocenters. The Morgan fingerprint density at radius 1 is 0.971 bits per heavy atom. The summed E-state index contributed by atoms with van der Waals surface area (Å²) in [7, 11) is 0. The molecule has 7 heterocycles. The fourth-order valence-electron chi connectivity index (χ4n) is 4.30. The van der Waals surface area contributed by atoms with Gasteiger partial charge in [-0.2, -0.15) is 5.10 Å². The molecule has 1 saturated heterocycles. The SMILES string of the molecule is Cc1cn(-c2nccc3[nH]c(-c4n[nH]c5ccc(-c6cncc(N7CC(N)C7)n6)nc45)nc23)cn1. The van der Waals surface area contributed by atoms with Crippen molar-refractivity contribution in [3.8, 4) is 28.7 Å². The number of aromatic amines is 2. The van der Waals surface area contributed by atoms with Crippen LogP contribution in [0.25, 0.3) is 50.8 Å². The number of nitrogens with two attached hydrogens (primary N) is 1. The van der Waals surface area contributed by atoms with Crippen molar-refractivity contribution in [1.82, 2.24) is 49.7 Å². The Balaban J connectivity index is 1.31. The summed E-state index contributed by atoms with van der Waals surface area (Å²) < 4.78 is 1.86. The molecule has 0 amide bonds. The normalized spacial score (nSPS) is 14.2. The Morgan fingerprint density at radius 2 is 1.89 bits per heavy atom. The van der Waals surface area contributed by atoms with Crippen LogP contribution in [0.2, 0.25) is 0 Å². The first-order valence-electron chi connectivity index (χ1n) is 11.2. The second kappa shape index (κ2) is 7.40. The van der Waals surface area contributed by atoms with E-state index in [2.05, 4.69) is 35.0 Å². The molecule has 1 aliphatic heterocycles. The smallest absolute Gasteiger partial charge is 0.166 e. The van der Waals surface area contributed by atoms with Gasteiger partial charge in [0.15, 0.2) is 17.3 Å². The van der Waals surface area contributed by atoms with E-state index in [1.807, 2.05) is 35.9 Å². The highest BCUT2D eigenvalue weighted by molar-refractivity contribution is 5.92. The van der Waals surface area contributed by atoms with Gasteiger partial charge >= 0.3 is 0 Å². The minimum atomic E-state index is 0.181. The summed E-state index contributed by atoms with van der Waals surface area (Å²) in [5.74, 6) is 2.08. The third-order valence-electron chi connectivity index (χ3n) is 6.09. The Kier molecular flexibility index (Phi) is 4.17. The number of hydrogen-bond acceptors (Lipinski definition) is 9. The summed E-state index contributed by atoms with van der Waals surface area (Å²) in [5.41, 5.74) is 11.9. The van der Waals surface area contributed by atoms with Crippen molar-refractivity contribution < 1.29 is 0 Å². The van der Waals surface area contributed by atoms with Crippen LogP contribution in [0, 0.1) is 6.92 Å². The number of fused-ring (bicyclic) bond motifs is 2. The Morgan fingerprint density at radius 3 is 2.71 bits per heavy atom. The second-order valence-corrected chi connectivity index (χ2v) is 8.63. The number of aryl methyl sites for hydroxylation is 1. The van der Waals surface area contributed by atoms with Crippen LogP contribution in [0.15, 0.2) is 49.3 Å². The maximum absolute atomic E-state index is 5.92. The summed E-state index contributed by atoms with van der Waals surface area (Å²) in [6.07, 6.45) is 8.84. The fraction of sp³-hybridized carbons (Fsp3) is 0.174. The average molecular weight is 464 g/mol. The third-order valence-corrected chi connectivity index (χ3v) is 6.09. The van der Waals surface area contributed by atoms with Crippen molar-refractivity contribution >= 4 is 27.9 Å². The summed E-state index contributed by atoms with van der Waals surface area (Å²) in [6.45, 7) is 3.49. The van der Waals surface area contributed by atoms with Crippen molar-refractivity contribution in [2.24, 2.45) is 5.73 Å². The van der Waals surface area contributed by atoms with Gasteiger partial charge in [0.05, 0.1) is 34.8 Å². The lowest BCUT2D eigenvalue weighted by atomic mass is 10.1. The van der Waals surface area contributed by atoms with Gasteiger partial charge in [-0.15, -0.1) is 0 Å². The van der Waals surface area contributed by atoms with E-state index in [0.717, 1.165) is 41.2 Å².